The smallest absolute Gasteiger partial charge is 0.505 e. The zero-order chi connectivity index (χ0) is 18.5. The minimum Gasteiger partial charge on any atom is -0.766 e. The number of hydrogen-bond acceptors (Lipinski definition) is 6. The molecule has 0 N–H and O–H groups in total. The van der Waals surface area contributed by atoms with Crippen LogP contribution in [0.3, 0.4) is 0 Å². The largest absolute Gasteiger partial charge is 0.766 e. The van der Waals surface area contributed by atoms with Crippen molar-refractivity contribution in [3.63, 3.8) is 0 Å². The van der Waals surface area contributed by atoms with Crippen molar-refractivity contribution >= 4 is 39.5 Å². The van der Waals surface area contributed by atoms with Crippen LogP contribution in [0.25, 0.3) is 10.8 Å². The van der Waals surface area contributed by atoms with Crippen molar-refractivity contribution in [2.75, 3.05) is 19.8 Å². The third kappa shape index (κ3) is 4.85. The van der Waals surface area contributed by atoms with Gasteiger partial charge in [0.05, 0.1) is 0 Å². The van der Waals surface area contributed by atoms with Gasteiger partial charge in [0.2, 0.25) is 0 Å². The van der Waals surface area contributed by atoms with Gasteiger partial charge in [-0.2, -0.15) is 0 Å². The van der Waals surface area contributed by atoms with Crippen LogP contribution in [-0.4, -0.2) is 37.4 Å². The van der Waals surface area contributed by atoms with Crippen LogP contribution in [0.4, 0.5) is 0 Å². The highest BCUT2D eigenvalue weighted by molar-refractivity contribution is 8.29. The van der Waals surface area contributed by atoms with Gasteiger partial charge in [0.15, 0.2) is 0 Å². The summed E-state index contributed by atoms with van der Waals surface area (Å²) in [6.07, 6.45) is 0. The molecule has 0 heterocycles. The summed E-state index contributed by atoms with van der Waals surface area (Å²) in [4.78, 5) is 0.150. The quantitative estimate of drug-likeness (QED) is 0.603. The molecule has 2 aromatic carbocycles. The topological polar surface area (TPSA) is 67.8 Å². The molecule has 0 fully saturated rings. The molecule has 0 saturated heterocycles. The van der Waals surface area contributed by atoms with E-state index in [-0.39, 0.29) is 10.9 Å². The van der Waals surface area contributed by atoms with Crippen LogP contribution < -0.4 is 0 Å². The maximum atomic E-state index is 12.3. The van der Waals surface area contributed by atoms with Gasteiger partial charge >= 0.3 is 8.80 Å². The van der Waals surface area contributed by atoms with E-state index >= 15 is 0 Å². The number of benzene rings is 2. The third-order valence-corrected chi connectivity index (χ3v) is 8.19. The fraction of sp³-hybridized carbons (Fsp3) is 0.412. The molecule has 0 aliphatic carbocycles. The van der Waals surface area contributed by atoms with Gasteiger partial charge in [0.25, 0.3) is 0 Å². The lowest BCUT2D eigenvalue weighted by Gasteiger charge is -2.30. The summed E-state index contributed by atoms with van der Waals surface area (Å²) in [5.74, 6) is 0. The Morgan fingerprint density at radius 2 is 1.56 bits per heavy atom. The summed E-state index contributed by atoms with van der Waals surface area (Å²) >= 11 is 4.81. The molecule has 8 heteroatoms. The highest BCUT2D eigenvalue weighted by Crippen LogP contribution is 2.30. The molecule has 0 aliphatic heterocycles. The van der Waals surface area contributed by atoms with Crippen molar-refractivity contribution in [2.24, 2.45) is 0 Å². The van der Waals surface area contributed by atoms with E-state index in [2.05, 4.69) is 0 Å². The molecule has 1 atom stereocenters. The van der Waals surface area contributed by atoms with Crippen LogP contribution >= 0.6 is 0 Å². The van der Waals surface area contributed by atoms with Gasteiger partial charge in [-0.1, -0.05) is 36.4 Å². The normalized spacial score (nSPS) is 14.6. The monoisotopic (exact) mass is 399 g/mol. The molecule has 0 saturated carbocycles. The van der Waals surface area contributed by atoms with Gasteiger partial charge in [0.1, 0.15) is 0 Å². The molecule has 25 heavy (non-hydrogen) atoms. The van der Waals surface area contributed by atoms with E-state index in [1.54, 1.807) is 18.2 Å². The highest BCUT2D eigenvalue weighted by atomic mass is 32.8. The maximum Gasteiger partial charge on any atom is 0.505 e. The predicted octanol–water partition coefficient (Wildman–Crippen LogP) is 3.21. The first-order valence-corrected chi connectivity index (χ1v) is 12.6. The summed E-state index contributed by atoms with van der Waals surface area (Å²) in [5.41, 5.74) is 0.579. The Balaban J connectivity index is 2.62. The van der Waals surface area contributed by atoms with E-state index in [1.165, 1.54) is 0 Å². The molecule has 2 aromatic rings. The fourth-order valence-electron chi connectivity index (χ4n) is 2.89. The van der Waals surface area contributed by atoms with Crippen LogP contribution in [0.2, 0.25) is 0 Å². The van der Waals surface area contributed by atoms with E-state index in [9.17, 15) is 8.76 Å². The minimum absolute atomic E-state index is 0.150. The van der Waals surface area contributed by atoms with Crippen LogP contribution in [0, 0.1) is 0 Å². The Kier molecular flexibility index (Phi) is 7.09. The van der Waals surface area contributed by atoms with Crippen molar-refractivity contribution in [1.82, 2.24) is 0 Å². The Morgan fingerprint density at radius 3 is 2.08 bits per heavy atom. The molecule has 2 rings (SSSR count). The lowest BCUT2D eigenvalue weighted by atomic mass is 10.1. The summed E-state index contributed by atoms with van der Waals surface area (Å²) in [6, 6.07) is 11.2. The van der Waals surface area contributed by atoms with Crippen LogP contribution in [0.1, 0.15) is 26.3 Å². The lowest BCUT2D eigenvalue weighted by Crippen LogP contribution is -2.49. The van der Waals surface area contributed by atoms with Crippen molar-refractivity contribution in [3.8, 4) is 0 Å². The molecular formula is C17H23O5S2Si-. The summed E-state index contributed by atoms with van der Waals surface area (Å²) in [6.45, 7) is 6.88. The molecular weight excluding hydrogens is 376 g/mol. The first kappa shape index (κ1) is 20.4. The fourth-order valence-corrected chi connectivity index (χ4v) is 7.17. The van der Waals surface area contributed by atoms with Gasteiger partial charge in [-0.25, -0.2) is 0 Å². The van der Waals surface area contributed by atoms with Gasteiger partial charge in [-0.15, -0.1) is 0 Å². The zero-order valence-electron chi connectivity index (χ0n) is 14.7. The predicted molar refractivity (Wildman–Crippen MR) is 103 cm³/mol. The lowest BCUT2D eigenvalue weighted by molar-refractivity contribution is 0.0702. The molecule has 0 radical (unpaired) electrons. The second kappa shape index (κ2) is 8.68. The maximum absolute atomic E-state index is 12.3. The van der Waals surface area contributed by atoms with Gasteiger partial charge < -0.3 is 17.8 Å². The molecule has 0 aliphatic rings. The van der Waals surface area contributed by atoms with Crippen LogP contribution in [-0.2, 0) is 39.3 Å². The molecule has 0 spiro atoms. The number of hydrogen-bond donors (Lipinski definition) is 0. The van der Waals surface area contributed by atoms with Crippen molar-refractivity contribution in [2.45, 2.75) is 31.7 Å². The Bertz CT molecular complexity index is 806. The average Bonchev–Trinajstić information content (AvgIpc) is 2.54. The summed E-state index contributed by atoms with van der Waals surface area (Å²) in [5, 5.41) is 1.44. The molecule has 1 unspecified atom stereocenters. The third-order valence-electron chi connectivity index (χ3n) is 3.71. The Hall–Kier alpha value is -0.873. The van der Waals surface area contributed by atoms with E-state index < -0.39 is 17.6 Å². The minimum atomic E-state index is -3.84. The molecule has 0 aromatic heterocycles. The van der Waals surface area contributed by atoms with E-state index in [1.807, 2.05) is 39.0 Å². The molecule has 5 nitrogen and oxygen atoms in total. The number of fused-ring (bicyclic) bond motifs is 1. The SMILES string of the molecule is CCO[Si](Cc1ccc2ccccc2c1S(=O)([O-])=S)(OCC)OCC. The van der Waals surface area contributed by atoms with Crippen molar-refractivity contribution < 1.29 is 22.0 Å². The first-order valence-electron chi connectivity index (χ1n) is 8.25. The zero-order valence-corrected chi connectivity index (χ0v) is 17.3. The highest BCUT2D eigenvalue weighted by Gasteiger charge is 2.41. The van der Waals surface area contributed by atoms with Gasteiger partial charge in [-0.3, -0.25) is 4.21 Å². The second-order valence-corrected chi connectivity index (χ2v) is 10.6. The van der Waals surface area contributed by atoms with Gasteiger partial charge in [-0.05, 0) is 57.1 Å². The van der Waals surface area contributed by atoms with E-state index in [0.717, 1.165) is 5.39 Å². The second-order valence-electron chi connectivity index (χ2n) is 5.39. The van der Waals surface area contributed by atoms with E-state index in [0.29, 0.717) is 30.8 Å². The summed E-state index contributed by atoms with van der Waals surface area (Å²) in [7, 11) is -6.88. The molecule has 0 amide bonds. The molecule has 138 valence electrons. The van der Waals surface area contributed by atoms with Crippen LogP contribution in [0.15, 0.2) is 41.3 Å². The Morgan fingerprint density at radius 1 is 1.00 bits per heavy atom. The van der Waals surface area contributed by atoms with Crippen LogP contribution in [0.5, 0.6) is 0 Å². The van der Waals surface area contributed by atoms with Crippen molar-refractivity contribution in [3.05, 3.63) is 42.0 Å². The van der Waals surface area contributed by atoms with Gasteiger partial charge in [0, 0.05) is 30.8 Å². The number of rotatable bonds is 9. The van der Waals surface area contributed by atoms with E-state index in [4.69, 9.17) is 24.5 Å². The Labute approximate surface area is 155 Å². The average molecular weight is 400 g/mol. The van der Waals surface area contributed by atoms with Crippen molar-refractivity contribution in [1.29, 1.82) is 0 Å². The molecule has 0 bridgehead atoms. The summed E-state index contributed by atoms with van der Waals surface area (Å²) < 4.78 is 42.2. The first-order chi connectivity index (χ1) is 11.9. The standard InChI is InChI=1S/C17H24O5S2Si/c1-4-20-25(21-5-2,22-6-3)13-15-12-11-14-9-7-8-10-16(14)17(15)24(18,19)23/h7-12H,4-6,13H2,1-3H3,(H,18,19,23)/p-1.